The second-order valence-electron chi connectivity index (χ2n) is 6.06. The average Bonchev–Trinajstić information content (AvgIpc) is 2.64. The van der Waals surface area contributed by atoms with Crippen LogP contribution in [-0.4, -0.2) is 62.3 Å². The summed E-state index contributed by atoms with van der Waals surface area (Å²) < 4.78 is 31.5. The summed E-state index contributed by atoms with van der Waals surface area (Å²) in [5, 5.41) is 0. The van der Waals surface area contributed by atoms with Crippen molar-refractivity contribution in [1.82, 2.24) is 9.21 Å². The molecule has 0 saturated carbocycles. The van der Waals surface area contributed by atoms with Crippen LogP contribution in [0.15, 0.2) is 41.3 Å². The monoisotopic (exact) mass is 396 g/mol. The fourth-order valence-electron chi connectivity index (χ4n) is 2.50. The van der Waals surface area contributed by atoms with Crippen LogP contribution in [0.5, 0.6) is 0 Å². The average molecular weight is 397 g/mol. The van der Waals surface area contributed by atoms with Gasteiger partial charge in [0, 0.05) is 26.2 Å². The van der Waals surface area contributed by atoms with E-state index in [2.05, 4.69) is 6.58 Å². The molecular weight excluding hydrogens is 368 g/mol. The van der Waals surface area contributed by atoms with Crippen LogP contribution < -0.4 is 0 Å². The van der Waals surface area contributed by atoms with Gasteiger partial charge in [0.2, 0.25) is 10.0 Å². The van der Waals surface area contributed by atoms with E-state index in [1.807, 2.05) is 13.8 Å². The molecule has 1 rings (SSSR count). The van der Waals surface area contributed by atoms with E-state index >= 15 is 0 Å². The van der Waals surface area contributed by atoms with Crippen molar-refractivity contribution >= 4 is 21.9 Å². The number of likely N-dealkylation sites (N-methyl/N-ethyl adjacent to an activating group) is 1. The number of ether oxygens (including phenoxy) is 1. The zero-order valence-electron chi connectivity index (χ0n) is 16.4. The van der Waals surface area contributed by atoms with Gasteiger partial charge in [-0.2, -0.15) is 4.31 Å². The van der Waals surface area contributed by atoms with E-state index in [-0.39, 0.29) is 16.4 Å². The molecule has 0 spiro atoms. The Kier molecular flexibility index (Phi) is 8.65. The fraction of sp³-hybridized carbons (Fsp3) is 0.474. The van der Waals surface area contributed by atoms with Crippen LogP contribution in [0.1, 0.15) is 38.1 Å². The first-order chi connectivity index (χ1) is 12.7. The number of sulfonamides is 1. The van der Waals surface area contributed by atoms with Crippen LogP contribution >= 0.6 is 0 Å². The van der Waals surface area contributed by atoms with Gasteiger partial charge in [-0.3, -0.25) is 4.79 Å². The number of carbonyl (C=O) groups excluding carboxylic acids is 2. The minimum absolute atomic E-state index is 0.0180. The number of rotatable bonds is 10. The summed E-state index contributed by atoms with van der Waals surface area (Å²) >= 11 is 0. The molecule has 7 nitrogen and oxygen atoms in total. The van der Waals surface area contributed by atoms with E-state index in [1.165, 1.54) is 33.5 Å². The summed E-state index contributed by atoms with van der Waals surface area (Å²) in [6, 6.07) is 5.64. The quantitative estimate of drug-likeness (QED) is 0.448. The van der Waals surface area contributed by atoms with Gasteiger partial charge in [0.15, 0.2) is 6.61 Å². The van der Waals surface area contributed by atoms with Gasteiger partial charge in [-0.1, -0.05) is 32.1 Å². The number of benzene rings is 1. The fourth-order valence-corrected chi connectivity index (χ4v) is 4.00. The van der Waals surface area contributed by atoms with Gasteiger partial charge < -0.3 is 9.64 Å². The van der Waals surface area contributed by atoms with E-state index in [9.17, 15) is 18.0 Å². The topological polar surface area (TPSA) is 84.0 Å². The molecule has 0 bridgehead atoms. The zero-order valence-corrected chi connectivity index (χ0v) is 17.2. The lowest BCUT2D eigenvalue weighted by atomic mass is 10.2. The predicted octanol–water partition coefficient (Wildman–Crippen LogP) is 2.30. The van der Waals surface area contributed by atoms with E-state index in [0.717, 1.165) is 5.57 Å². The number of hydrogen-bond donors (Lipinski definition) is 0. The number of esters is 1. The van der Waals surface area contributed by atoms with Crippen LogP contribution in [-0.2, 0) is 19.6 Å². The Morgan fingerprint density at radius 2 is 1.74 bits per heavy atom. The van der Waals surface area contributed by atoms with E-state index in [4.69, 9.17) is 4.74 Å². The molecule has 1 aromatic carbocycles. The Morgan fingerprint density at radius 1 is 1.11 bits per heavy atom. The predicted molar refractivity (Wildman–Crippen MR) is 104 cm³/mol. The summed E-state index contributed by atoms with van der Waals surface area (Å²) in [4.78, 5) is 25.9. The molecule has 0 saturated heterocycles. The third-order valence-electron chi connectivity index (χ3n) is 3.93. The van der Waals surface area contributed by atoms with Crippen molar-refractivity contribution in [3.63, 3.8) is 0 Å². The third-order valence-corrected chi connectivity index (χ3v) is 5.98. The zero-order chi connectivity index (χ0) is 20.6. The van der Waals surface area contributed by atoms with Crippen molar-refractivity contribution in [3.05, 3.63) is 42.0 Å². The maximum absolute atomic E-state index is 12.6. The van der Waals surface area contributed by atoms with Gasteiger partial charge in [-0.05, 0) is 32.0 Å². The Morgan fingerprint density at radius 3 is 2.26 bits per heavy atom. The Bertz CT molecular complexity index is 785. The molecular formula is C19H28N2O5S. The van der Waals surface area contributed by atoms with Crippen LogP contribution in [0.3, 0.4) is 0 Å². The minimum atomic E-state index is -3.68. The molecule has 1 amide bonds. The Balaban J connectivity index is 2.88. The summed E-state index contributed by atoms with van der Waals surface area (Å²) in [7, 11) is -3.68. The highest BCUT2D eigenvalue weighted by Crippen LogP contribution is 2.17. The summed E-state index contributed by atoms with van der Waals surface area (Å²) in [6.07, 6.45) is 0. The second kappa shape index (κ2) is 10.2. The molecule has 0 aliphatic carbocycles. The number of carbonyl (C=O) groups is 2. The van der Waals surface area contributed by atoms with Gasteiger partial charge in [0.25, 0.3) is 5.91 Å². The largest absolute Gasteiger partial charge is 0.452 e. The Labute approximate surface area is 161 Å². The van der Waals surface area contributed by atoms with Crippen LogP contribution in [0.2, 0.25) is 0 Å². The molecule has 27 heavy (non-hydrogen) atoms. The van der Waals surface area contributed by atoms with Gasteiger partial charge in [-0.25, -0.2) is 13.2 Å². The highest BCUT2D eigenvalue weighted by molar-refractivity contribution is 7.89. The molecule has 0 fully saturated rings. The first-order valence-electron chi connectivity index (χ1n) is 8.86. The van der Waals surface area contributed by atoms with Gasteiger partial charge in [0.05, 0.1) is 10.5 Å². The van der Waals surface area contributed by atoms with Crippen LogP contribution in [0.25, 0.3) is 0 Å². The summed E-state index contributed by atoms with van der Waals surface area (Å²) in [5.41, 5.74) is 0.907. The molecule has 0 heterocycles. The lowest BCUT2D eigenvalue weighted by molar-refractivity contribution is -0.133. The summed E-state index contributed by atoms with van der Waals surface area (Å²) in [5.74, 6) is -1.08. The lowest BCUT2D eigenvalue weighted by Gasteiger charge is -2.21. The van der Waals surface area contributed by atoms with E-state index in [1.54, 1.807) is 13.8 Å². The van der Waals surface area contributed by atoms with Gasteiger partial charge in [0.1, 0.15) is 0 Å². The smallest absolute Gasteiger partial charge is 0.338 e. The van der Waals surface area contributed by atoms with Crippen molar-refractivity contribution in [1.29, 1.82) is 0 Å². The lowest BCUT2D eigenvalue weighted by Crippen LogP contribution is -2.35. The van der Waals surface area contributed by atoms with E-state index < -0.39 is 22.6 Å². The standard InChI is InChI=1S/C19H28N2O5S/c1-6-20(13-15(4)5)18(22)14-26-19(23)16-10-9-11-17(12-16)27(24,25)21(7-2)8-3/h9-12H,4,6-8,13-14H2,1-3,5H3. The summed E-state index contributed by atoms with van der Waals surface area (Å²) in [6.45, 7) is 12.0. The van der Waals surface area contributed by atoms with Crippen molar-refractivity contribution in [2.45, 2.75) is 32.6 Å². The maximum Gasteiger partial charge on any atom is 0.338 e. The first kappa shape index (κ1) is 22.9. The van der Waals surface area contributed by atoms with Crippen molar-refractivity contribution < 1.29 is 22.7 Å². The SMILES string of the molecule is C=C(C)CN(CC)C(=O)COC(=O)c1cccc(S(=O)(=O)N(CC)CC)c1. The third kappa shape index (κ3) is 6.18. The molecule has 1 aromatic rings. The molecule has 0 radical (unpaired) electrons. The van der Waals surface area contributed by atoms with Crippen molar-refractivity contribution in [3.8, 4) is 0 Å². The molecule has 0 aliphatic heterocycles. The Hall–Kier alpha value is -2.19. The molecule has 0 aromatic heterocycles. The highest BCUT2D eigenvalue weighted by Gasteiger charge is 2.23. The first-order valence-corrected chi connectivity index (χ1v) is 10.3. The molecule has 0 N–H and O–H groups in total. The molecule has 0 aliphatic rings. The maximum atomic E-state index is 12.6. The molecule has 0 unspecified atom stereocenters. The molecule has 8 heteroatoms. The normalized spacial score (nSPS) is 11.3. The van der Waals surface area contributed by atoms with Crippen molar-refractivity contribution in [2.75, 3.05) is 32.8 Å². The highest BCUT2D eigenvalue weighted by atomic mass is 32.2. The van der Waals surface area contributed by atoms with Gasteiger partial charge in [-0.15, -0.1) is 0 Å². The van der Waals surface area contributed by atoms with Gasteiger partial charge >= 0.3 is 5.97 Å². The van der Waals surface area contributed by atoms with Crippen LogP contribution in [0.4, 0.5) is 0 Å². The minimum Gasteiger partial charge on any atom is -0.452 e. The number of amides is 1. The van der Waals surface area contributed by atoms with Crippen LogP contribution in [0, 0.1) is 0 Å². The second-order valence-corrected chi connectivity index (χ2v) is 8.00. The van der Waals surface area contributed by atoms with Crippen molar-refractivity contribution in [2.24, 2.45) is 0 Å². The van der Waals surface area contributed by atoms with E-state index in [0.29, 0.717) is 26.2 Å². The number of nitrogens with zero attached hydrogens (tertiary/aromatic N) is 2. The molecule has 150 valence electrons. The number of hydrogen-bond acceptors (Lipinski definition) is 5. The molecule has 0 atom stereocenters.